The Morgan fingerprint density at radius 3 is 2.34 bits per heavy atom. The summed E-state index contributed by atoms with van der Waals surface area (Å²) in [5.74, 6) is 5.41. The number of phosphoric ester groups is 1. The van der Waals surface area contributed by atoms with Gasteiger partial charge in [-0.15, -0.1) is 0 Å². The van der Waals surface area contributed by atoms with Crippen molar-refractivity contribution in [2.24, 2.45) is 52.3 Å². The van der Waals surface area contributed by atoms with E-state index >= 15 is 0 Å². The summed E-state index contributed by atoms with van der Waals surface area (Å²) in [6, 6.07) is 0. The van der Waals surface area contributed by atoms with Gasteiger partial charge < -0.3 is 24.3 Å². The Bertz CT molecular complexity index is 1090. The zero-order valence-electron chi connectivity index (χ0n) is 31.3. The summed E-state index contributed by atoms with van der Waals surface area (Å²) in [6.07, 6.45) is 19.5. The van der Waals surface area contributed by atoms with Crippen LogP contribution < -0.4 is 0 Å². The predicted molar refractivity (Wildman–Crippen MR) is 189 cm³/mol. The fraction of sp³-hybridized carbons (Fsp3) is 0.895. The van der Waals surface area contributed by atoms with Crippen LogP contribution in [0, 0.1) is 52.3 Å². The van der Waals surface area contributed by atoms with Crippen LogP contribution in [-0.2, 0) is 23.1 Å². The van der Waals surface area contributed by atoms with Crippen molar-refractivity contribution in [2.75, 3.05) is 60.7 Å². The first-order valence-electron chi connectivity index (χ1n) is 18.6. The lowest BCUT2D eigenvalue weighted by atomic mass is 9.47. The molecular weight excluding hydrogens is 613 g/mol. The third-order valence-electron chi connectivity index (χ3n) is 12.8. The van der Waals surface area contributed by atoms with Crippen molar-refractivity contribution in [1.82, 2.24) is 0 Å². The minimum Gasteiger partial charge on any atom is -0.870 e. The highest BCUT2D eigenvalue weighted by molar-refractivity contribution is 7.47. The monoisotopic (exact) mass is 683 g/mol. The van der Waals surface area contributed by atoms with Gasteiger partial charge in [0.05, 0.1) is 53.7 Å². The molecule has 0 heterocycles. The van der Waals surface area contributed by atoms with Gasteiger partial charge in [-0.3, -0.25) is 9.05 Å². The third kappa shape index (κ3) is 10.3. The van der Waals surface area contributed by atoms with Crippen LogP contribution in [0.25, 0.3) is 0 Å². The van der Waals surface area contributed by atoms with Crippen molar-refractivity contribution < 1.29 is 37.9 Å². The molecule has 47 heavy (non-hydrogen) atoms. The van der Waals surface area contributed by atoms with Crippen molar-refractivity contribution in [3.63, 3.8) is 0 Å². The number of ether oxygens (including phenoxy) is 2. The van der Waals surface area contributed by atoms with Crippen LogP contribution in [0.2, 0.25) is 0 Å². The number of quaternary nitrogens is 1. The molecule has 9 heteroatoms. The Morgan fingerprint density at radius 2 is 1.66 bits per heavy atom. The number of allylic oxidation sites excluding steroid dienone is 3. The van der Waals surface area contributed by atoms with Gasteiger partial charge in [0.2, 0.25) is 0 Å². The molecule has 0 aromatic heterocycles. The molecule has 4 aliphatic carbocycles. The largest absolute Gasteiger partial charge is 0.870 e. The molecule has 3 fully saturated rings. The van der Waals surface area contributed by atoms with E-state index in [9.17, 15) is 9.46 Å². The highest BCUT2D eigenvalue weighted by Crippen LogP contribution is 2.67. The van der Waals surface area contributed by atoms with Gasteiger partial charge in [-0.25, -0.2) is 4.57 Å². The summed E-state index contributed by atoms with van der Waals surface area (Å²) in [7, 11) is 1.96. The standard InChI is InChI=1S/C38H68NO6P.H2O/c1-10-30(28(2)3)12-11-29(4)34-15-16-35-33-14-13-31-27-32(17-19-37(31,5)36(33)18-20-38(34,35)6)43-25-23-42-24-26-45-46(40,41)44-22-21-39(7,8)9;/h11-13,28-30,32-36H,10,14-27H2,1-9H3;1H2/b12-11+;/t29-,30-,32+,33?,34-,35?,36?,37+,38-;/m1./s1. The van der Waals surface area contributed by atoms with E-state index in [-0.39, 0.29) is 31.4 Å². The third-order valence-corrected chi connectivity index (χ3v) is 13.9. The van der Waals surface area contributed by atoms with Crippen LogP contribution in [0.1, 0.15) is 99.3 Å². The molecule has 0 amide bonds. The van der Waals surface area contributed by atoms with Crippen molar-refractivity contribution in [2.45, 2.75) is 105 Å². The zero-order valence-corrected chi connectivity index (χ0v) is 32.2. The molecule has 0 radical (unpaired) electrons. The molecular formula is C38H70NO7P. The van der Waals surface area contributed by atoms with Crippen LogP contribution in [0.3, 0.4) is 0 Å². The average Bonchev–Trinajstić information content (AvgIpc) is 3.33. The fourth-order valence-electron chi connectivity index (χ4n) is 10.0. The first kappa shape index (κ1) is 40.9. The maximum absolute atomic E-state index is 12.0. The number of nitrogens with zero attached hydrogens (tertiary/aromatic N) is 1. The molecule has 0 bridgehead atoms. The van der Waals surface area contributed by atoms with E-state index in [2.05, 4.69) is 59.8 Å². The maximum atomic E-state index is 12.0. The SMILES string of the molecule is CC[C@H](/C=C/[C@@H](C)[C@H]1CCC2C3CC=C4C[C@@H](OCCOCCOP(=O)(O)OCC[N+](C)(C)C)CC[C@]4(C)C3CC[C@@]21C)C(C)C.[OH-]. The summed E-state index contributed by atoms with van der Waals surface area (Å²) in [5.41, 5.74) is 2.45. The molecule has 0 aromatic rings. The molecule has 4 aliphatic rings. The molecule has 0 aliphatic heterocycles. The van der Waals surface area contributed by atoms with Crippen LogP contribution >= 0.6 is 7.82 Å². The number of hydrogen-bond donors (Lipinski definition) is 1. The van der Waals surface area contributed by atoms with Gasteiger partial charge in [0.25, 0.3) is 0 Å². The highest BCUT2D eigenvalue weighted by Gasteiger charge is 2.59. The molecule has 4 unspecified atom stereocenters. The van der Waals surface area contributed by atoms with Gasteiger partial charge in [-0.05, 0) is 110 Å². The van der Waals surface area contributed by atoms with Crippen LogP contribution in [0.15, 0.2) is 23.8 Å². The Labute approximate surface area is 287 Å². The second kappa shape index (κ2) is 17.1. The summed E-state index contributed by atoms with van der Waals surface area (Å²) in [4.78, 5) is 9.84. The second-order valence-electron chi connectivity index (χ2n) is 17.0. The topological polar surface area (TPSA) is 104 Å². The number of fused-ring (bicyclic) bond motifs is 5. The fourth-order valence-corrected chi connectivity index (χ4v) is 10.7. The Hall–Kier alpha value is -0.570. The molecule has 3 saturated carbocycles. The van der Waals surface area contributed by atoms with Gasteiger partial charge in [-0.1, -0.05) is 65.3 Å². The molecule has 0 aromatic carbocycles. The van der Waals surface area contributed by atoms with Crippen LogP contribution in [-0.4, -0.2) is 81.7 Å². The minimum absolute atomic E-state index is 0. The minimum atomic E-state index is -4.05. The summed E-state index contributed by atoms with van der Waals surface area (Å²) < 4.78 is 34.7. The van der Waals surface area contributed by atoms with E-state index in [0.29, 0.717) is 46.9 Å². The van der Waals surface area contributed by atoms with Crippen LogP contribution in [0.4, 0.5) is 0 Å². The van der Waals surface area contributed by atoms with E-state index in [1.807, 2.05) is 21.1 Å². The molecule has 10 atom stereocenters. The first-order chi connectivity index (χ1) is 21.6. The Morgan fingerprint density at radius 1 is 0.957 bits per heavy atom. The Balaban J connectivity index is 0.00000600. The molecule has 0 spiro atoms. The lowest BCUT2D eigenvalue weighted by Crippen LogP contribution is -2.51. The number of hydrogen-bond acceptors (Lipinski definition) is 6. The highest BCUT2D eigenvalue weighted by atomic mass is 31.2. The van der Waals surface area contributed by atoms with Gasteiger partial charge in [0.15, 0.2) is 0 Å². The second-order valence-corrected chi connectivity index (χ2v) is 18.5. The number of likely N-dealkylation sites (N-methyl/N-ethyl adjacent to an activating group) is 1. The van der Waals surface area contributed by atoms with E-state index in [4.69, 9.17) is 18.5 Å². The van der Waals surface area contributed by atoms with E-state index < -0.39 is 7.82 Å². The van der Waals surface area contributed by atoms with Crippen molar-refractivity contribution in [3.05, 3.63) is 23.8 Å². The number of phosphoric acid groups is 1. The first-order valence-corrected chi connectivity index (χ1v) is 20.1. The lowest BCUT2D eigenvalue weighted by Gasteiger charge is -2.58. The maximum Gasteiger partial charge on any atom is 0.472 e. The predicted octanol–water partition coefficient (Wildman–Crippen LogP) is 8.50. The van der Waals surface area contributed by atoms with E-state index in [0.717, 1.165) is 42.4 Å². The normalized spacial score (nSPS) is 35.0. The summed E-state index contributed by atoms with van der Waals surface area (Å²) in [5, 5.41) is 0. The Kier molecular flexibility index (Phi) is 14.9. The van der Waals surface area contributed by atoms with Gasteiger partial charge in [0, 0.05) is 0 Å². The smallest absolute Gasteiger partial charge is 0.472 e. The lowest BCUT2D eigenvalue weighted by molar-refractivity contribution is -0.870. The zero-order chi connectivity index (χ0) is 33.8. The van der Waals surface area contributed by atoms with Crippen molar-refractivity contribution in [3.8, 4) is 0 Å². The molecule has 4 rings (SSSR count). The molecule has 2 N–H and O–H groups in total. The van der Waals surface area contributed by atoms with E-state index in [1.165, 1.54) is 44.9 Å². The van der Waals surface area contributed by atoms with Crippen LogP contribution in [0.5, 0.6) is 0 Å². The van der Waals surface area contributed by atoms with Gasteiger partial charge in [-0.2, -0.15) is 0 Å². The molecule has 0 saturated heterocycles. The summed E-state index contributed by atoms with van der Waals surface area (Å²) in [6.45, 7) is 16.8. The quantitative estimate of drug-likeness (QED) is 0.0710. The molecule has 8 nitrogen and oxygen atoms in total. The van der Waals surface area contributed by atoms with Crippen molar-refractivity contribution in [1.29, 1.82) is 0 Å². The average molecular weight is 684 g/mol. The van der Waals surface area contributed by atoms with Gasteiger partial charge in [0.1, 0.15) is 13.2 Å². The van der Waals surface area contributed by atoms with Gasteiger partial charge >= 0.3 is 7.82 Å². The molecule has 274 valence electrons. The van der Waals surface area contributed by atoms with E-state index in [1.54, 1.807) is 5.57 Å². The van der Waals surface area contributed by atoms with Crippen molar-refractivity contribution >= 4 is 7.82 Å². The number of rotatable bonds is 17. The summed E-state index contributed by atoms with van der Waals surface area (Å²) >= 11 is 0.